The van der Waals surface area contributed by atoms with E-state index in [0.717, 1.165) is 11.1 Å². The van der Waals surface area contributed by atoms with Crippen molar-refractivity contribution in [1.82, 2.24) is 9.97 Å². The minimum atomic E-state index is -0.178. The Morgan fingerprint density at radius 2 is 1.83 bits per heavy atom. The van der Waals surface area contributed by atoms with E-state index in [2.05, 4.69) is 9.97 Å². The van der Waals surface area contributed by atoms with Crippen molar-refractivity contribution in [3.63, 3.8) is 0 Å². The average Bonchev–Trinajstić information content (AvgIpc) is 2.41. The number of benzene rings is 1. The largest absolute Gasteiger partial charge is 0.479 e. The van der Waals surface area contributed by atoms with Crippen LogP contribution in [0.3, 0.4) is 0 Å². The second-order valence-electron chi connectivity index (χ2n) is 4.04. The number of rotatable bonds is 3. The Kier molecular flexibility index (Phi) is 3.37. The van der Waals surface area contributed by atoms with Crippen molar-refractivity contribution in [3.05, 3.63) is 53.0 Å². The van der Waals surface area contributed by atoms with Gasteiger partial charge in [0.1, 0.15) is 0 Å². The Hall–Kier alpha value is -2.23. The molecular formula is C14H14N2O2. The van der Waals surface area contributed by atoms with Gasteiger partial charge >= 0.3 is 0 Å². The average molecular weight is 242 g/mol. The maximum atomic E-state index is 12.3. The van der Waals surface area contributed by atoms with Crippen molar-refractivity contribution in [2.75, 3.05) is 7.11 Å². The molecule has 0 aliphatic heterocycles. The number of aryl methyl sites for hydroxylation is 2. The number of hydrogen-bond acceptors (Lipinski definition) is 4. The van der Waals surface area contributed by atoms with Crippen LogP contribution in [0.1, 0.15) is 27.2 Å². The van der Waals surface area contributed by atoms with Gasteiger partial charge in [0, 0.05) is 18.0 Å². The Morgan fingerprint density at radius 3 is 2.50 bits per heavy atom. The molecule has 0 fully saturated rings. The molecule has 0 spiro atoms. The fourth-order valence-electron chi connectivity index (χ4n) is 1.65. The first-order valence-corrected chi connectivity index (χ1v) is 5.60. The number of ether oxygens (including phenoxy) is 1. The van der Waals surface area contributed by atoms with E-state index in [0.29, 0.717) is 5.56 Å². The van der Waals surface area contributed by atoms with Gasteiger partial charge in [-0.05, 0) is 31.0 Å². The summed E-state index contributed by atoms with van der Waals surface area (Å²) in [6, 6.07) is 5.57. The summed E-state index contributed by atoms with van der Waals surface area (Å²) in [5, 5.41) is 0. The fraction of sp³-hybridized carbons (Fsp3) is 0.214. The number of ketones is 1. The molecule has 4 nitrogen and oxygen atoms in total. The number of methoxy groups -OCH3 is 1. The molecule has 0 unspecified atom stereocenters. The first-order chi connectivity index (χ1) is 8.63. The van der Waals surface area contributed by atoms with Gasteiger partial charge in [-0.15, -0.1) is 0 Å². The molecule has 0 atom stereocenters. The third kappa shape index (κ3) is 2.22. The second kappa shape index (κ2) is 4.96. The van der Waals surface area contributed by atoms with E-state index in [-0.39, 0.29) is 17.4 Å². The number of hydrogen-bond donors (Lipinski definition) is 0. The monoisotopic (exact) mass is 242 g/mol. The van der Waals surface area contributed by atoms with Crippen LogP contribution >= 0.6 is 0 Å². The highest BCUT2D eigenvalue weighted by atomic mass is 16.5. The molecule has 18 heavy (non-hydrogen) atoms. The third-order valence-electron chi connectivity index (χ3n) is 2.84. The maximum Gasteiger partial charge on any atom is 0.243 e. The summed E-state index contributed by atoms with van der Waals surface area (Å²) in [6.07, 6.45) is 2.98. The summed E-state index contributed by atoms with van der Waals surface area (Å²) in [4.78, 5) is 20.3. The van der Waals surface area contributed by atoms with Gasteiger partial charge in [-0.25, -0.2) is 9.97 Å². The summed E-state index contributed by atoms with van der Waals surface area (Å²) in [6.45, 7) is 3.98. The highest BCUT2D eigenvalue weighted by Crippen LogP contribution is 2.18. The topological polar surface area (TPSA) is 52.1 Å². The number of carbonyl (C=O) groups is 1. The first-order valence-electron chi connectivity index (χ1n) is 5.60. The third-order valence-corrected chi connectivity index (χ3v) is 2.84. The molecule has 0 radical (unpaired) electrons. The van der Waals surface area contributed by atoms with Crippen LogP contribution in [0.2, 0.25) is 0 Å². The predicted octanol–water partition coefficient (Wildman–Crippen LogP) is 2.33. The van der Waals surface area contributed by atoms with Gasteiger partial charge in [0.15, 0.2) is 5.69 Å². The van der Waals surface area contributed by atoms with E-state index in [1.165, 1.54) is 19.5 Å². The van der Waals surface area contributed by atoms with E-state index in [1.807, 2.05) is 26.0 Å². The van der Waals surface area contributed by atoms with Crippen molar-refractivity contribution in [1.29, 1.82) is 0 Å². The summed E-state index contributed by atoms with van der Waals surface area (Å²) in [5.41, 5.74) is 3.06. The lowest BCUT2D eigenvalue weighted by Crippen LogP contribution is -2.08. The van der Waals surface area contributed by atoms with E-state index in [4.69, 9.17) is 4.74 Å². The minimum absolute atomic E-state index is 0.178. The van der Waals surface area contributed by atoms with Crippen LogP contribution in [-0.2, 0) is 0 Å². The standard InChI is InChI=1S/C14H14N2O2/c1-9-4-5-11(8-10(9)2)13(17)12-14(18-3)16-7-6-15-12/h4-8H,1-3H3. The van der Waals surface area contributed by atoms with Crippen molar-refractivity contribution in [3.8, 4) is 5.88 Å². The molecule has 1 aromatic heterocycles. The van der Waals surface area contributed by atoms with Crippen LogP contribution in [0.4, 0.5) is 0 Å². The SMILES string of the molecule is COc1nccnc1C(=O)c1ccc(C)c(C)c1. The van der Waals surface area contributed by atoms with Crippen molar-refractivity contribution in [2.45, 2.75) is 13.8 Å². The molecule has 0 saturated heterocycles. The highest BCUT2D eigenvalue weighted by Gasteiger charge is 2.17. The molecular weight excluding hydrogens is 228 g/mol. The lowest BCUT2D eigenvalue weighted by atomic mass is 10.0. The Morgan fingerprint density at radius 1 is 1.11 bits per heavy atom. The van der Waals surface area contributed by atoms with Crippen LogP contribution in [0, 0.1) is 13.8 Å². The highest BCUT2D eigenvalue weighted by molar-refractivity contribution is 6.09. The molecule has 0 saturated carbocycles. The number of aromatic nitrogens is 2. The van der Waals surface area contributed by atoms with E-state index in [9.17, 15) is 4.79 Å². The van der Waals surface area contributed by atoms with Crippen molar-refractivity contribution in [2.24, 2.45) is 0 Å². The summed E-state index contributed by atoms with van der Waals surface area (Å²) in [5.74, 6) is 0.0729. The Balaban J connectivity index is 2.44. The molecule has 2 rings (SSSR count). The molecule has 0 aliphatic carbocycles. The zero-order valence-corrected chi connectivity index (χ0v) is 10.6. The van der Waals surface area contributed by atoms with E-state index < -0.39 is 0 Å². The quantitative estimate of drug-likeness (QED) is 0.775. The molecule has 0 bridgehead atoms. The molecule has 0 aliphatic rings. The summed E-state index contributed by atoms with van der Waals surface area (Å²) in [7, 11) is 1.47. The predicted molar refractivity (Wildman–Crippen MR) is 67.9 cm³/mol. The van der Waals surface area contributed by atoms with Gasteiger partial charge < -0.3 is 4.74 Å². The van der Waals surface area contributed by atoms with Crippen LogP contribution in [0.15, 0.2) is 30.6 Å². The van der Waals surface area contributed by atoms with Crippen LogP contribution in [-0.4, -0.2) is 22.9 Å². The smallest absolute Gasteiger partial charge is 0.243 e. The molecule has 4 heteroatoms. The van der Waals surface area contributed by atoms with Crippen LogP contribution < -0.4 is 4.74 Å². The minimum Gasteiger partial charge on any atom is -0.479 e. The molecule has 1 aromatic carbocycles. The van der Waals surface area contributed by atoms with Crippen molar-refractivity contribution < 1.29 is 9.53 Å². The van der Waals surface area contributed by atoms with Gasteiger partial charge in [-0.3, -0.25) is 4.79 Å². The normalized spacial score (nSPS) is 10.2. The van der Waals surface area contributed by atoms with Crippen molar-refractivity contribution >= 4 is 5.78 Å². The van der Waals surface area contributed by atoms with Gasteiger partial charge in [0.2, 0.25) is 11.7 Å². The maximum absolute atomic E-state index is 12.3. The van der Waals surface area contributed by atoms with Crippen LogP contribution in [0.25, 0.3) is 0 Å². The van der Waals surface area contributed by atoms with Gasteiger partial charge in [0.25, 0.3) is 0 Å². The first kappa shape index (κ1) is 12.2. The number of carbonyl (C=O) groups excluding carboxylic acids is 1. The fourth-order valence-corrected chi connectivity index (χ4v) is 1.65. The van der Waals surface area contributed by atoms with E-state index >= 15 is 0 Å². The molecule has 0 amide bonds. The van der Waals surface area contributed by atoms with E-state index in [1.54, 1.807) is 6.07 Å². The van der Waals surface area contributed by atoms with Gasteiger partial charge in [-0.2, -0.15) is 0 Å². The second-order valence-corrected chi connectivity index (χ2v) is 4.04. The lowest BCUT2D eigenvalue weighted by molar-refractivity contribution is 0.103. The summed E-state index contributed by atoms with van der Waals surface area (Å²) < 4.78 is 5.05. The van der Waals surface area contributed by atoms with Crippen LogP contribution in [0.5, 0.6) is 5.88 Å². The Labute approximate surface area is 106 Å². The number of nitrogens with zero attached hydrogens (tertiary/aromatic N) is 2. The zero-order chi connectivity index (χ0) is 13.1. The molecule has 2 aromatic rings. The summed E-state index contributed by atoms with van der Waals surface area (Å²) >= 11 is 0. The Bertz CT molecular complexity index is 594. The molecule has 92 valence electrons. The van der Waals surface area contributed by atoms with Gasteiger partial charge in [0.05, 0.1) is 7.11 Å². The zero-order valence-electron chi connectivity index (χ0n) is 10.6. The lowest BCUT2D eigenvalue weighted by Gasteiger charge is -2.06. The molecule has 0 N–H and O–H groups in total. The molecule has 1 heterocycles. The van der Waals surface area contributed by atoms with Gasteiger partial charge in [-0.1, -0.05) is 12.1 Å².